The van der Waals surface area contributed by atoms with E-state index in [1.165, 1.54) is 0 Å². The lowest BCUT2D eigenvalue weighted by atomic mass is 9.75. The Morgan fingerprint density at radius 2 is 2.00 bits per heavy atom. The van der Waals surface area contributed by atoms with Crippen LogP contribution >= 0.6 is 0 Å². The summed E-state index contributed by atoms with van der Waals surface area (Å²) in [6, 6.07) is 0. The van der Waals surface area contributed by atoms with E-state index < -0.39 is 23.3 Å². The molecule has 2 saturated carbocycles. The smallest absolute Gasteiger partial charge is 0.408 e. The monoisotopic (exact) mass is 255 g/mol. The molecule has 0 aromatic heterocycles. The van der Waals surface area contributed by atoms with E-state index in [0.29, 0.717) is 5.92 Å². The van der Waals surface area contributed by atoms with Gasteiger partial charge in [-0.25, -0.2) is 4.79 Å². The van der Waals surface area contributed by atoms with E-state index in [4.69, 9.17) is 4.74 Å². The third-order valence-electron chi connectivity index (χ3n) is 4.86. The molecule has 2 aliphatic carbocycles. The topological polar surface area (TPSA) is 58.6 Å². The molecule has 4 heteroatoms. The summed E-state index contributed by atoms with van der Waals surface area (Å²) in [5, 5.41) is 13.3. The summed E-state index contributed by atoms with van der Waals surface area (Å²) < 4.78 is 5.33. The molecule has 3 atom stereocenters. The van der Waals surface area contributed by atoms with Gasteiger partial charge < -0.3 is 15.2 Å². The van der Waals surface area contributed by atoms with E-state index in [2.05, 4.69) is 19.2 Å². The minimum Gasteiger partial charge on any atom is -0.444 e. The largest absolute Gasteiger partial charge is 0.444 e. The first-order valence-corrected chi connectivity index (χ1v) is 6.78. The van der Waals surface area contributed by atoms with Crippen LogP contribution in [0, 0.1) is 11.3 Å². The molecule has 4 nitrogen and oxygen atoms in total. The minimum absolute atomic E-state index is 0.0661. The Morgan fingerprint density at radius 1 is 1.39 bits per heavy atom. The number of alkyl carbamates (subject to hydrolysis) is 1. The molecule has 2 bridgehead atoms. The molecule has 0 heterocycles. The highest BCUT2D eigenvalue weighted by molar-refractivity contribution is 5.69. The van der Waals surface area contributed by atoms with Gasteiger partial charge in [0.2, 0.25) is 0 Å². The molecule has 2 aliphatic rings. The van der Waals surface area contributed by atoms with Gasteiger partial charge in [0.15, 0.2) is 0 Å². The van der Waals surface area contributed by atoms with E-state index in [0.717, 1.165) is 19.3 Å². The third kappa shape index (κ3) is 1.91. The highest BCUT2D eigenvalue weighted by atomic mass is 16.6. The Hall–Kier alpha value is -0.770. The average molecular weight is 255 g/mol. The predicted molar refractivity (Wildman–Crippen MR) is 69.2 cm³/mol. The summed E-state index contributed by atoms with van der Waals surface area (Å²) >= 11 is 0. The van der Waals surface area contributed by atoms with Crippen LogP contribution in [0.4, 0.5) is 4.79 Å². The van der Waals surface area contributed by atoms with Gasteiger partial charge in [-0.1, -0.05) is 13.8 Å². The number of carbonyl (C=O) groups is 1. The average Bonchev–Trinajstić information content (AvgIpc) is 2.47. The van der Waals surface area contributed by atoms with E-state index >= 15 is 0 Å². The Kier molecular flexibility index (Phi) is 2.93. The maximum Gasteiger partial charge on any atom is 0.408 e. The Labute approximate surface area is 109 Å². The van der Waals surface area contributed by atoms with Crippen LogP contribution in [0.3, 0.4) is 0 Å². The van der Waals surface area contributed by atoms with Crippen molar-refractivity contribution in [3.63, 3.8) is 0 Å². The first-order chi connectivity index (χ1) is 8.08. The van der Waals surface area contributed by atoms with Crippen molar-refractivity contribution in [2.24, 2.45) is 11.3 Å². The van der Waals surface area contributed by atoms with Crippen molar-refractivity contribution < 1.29 is 14.6 Å². The second kappa shape index (κ2) is 3.86. The van der Waals surface area contributed by atoms with Crippen LogP contribution in [0.1, 0.15) is 53.9 Å². The van der Waals surface area contributed by atoms with Crippen LogP contribution in [0.25, 0.3) is 0 Å². The fourth-order valence-electron chi connectivity index (χ4n) is 3.72. The van der Waals surface area contributed by atoms with Crippen LogP contribution in [0.15, 0.2) is 0 Å². The van der Waals surface area contributed by atoms with E-state index in [1.54, 1.807) is 0 Å². The van der Waals surface area contributed by atoms with Gasteiger partial charge in [-0.3, -0.25) is 0 Å². The molecule has 0 unspecified atom stereocenters. The molecule has 18 heavy (non-hydrogen) atoms. The van der Waals surface area contributed by atoms with Gasteiger partial charge in [-0.15, -0.1) is 0 Å². The lowest BCUT2D eigenvalue weighted by Crippen LogP contribution is -2.60. The maximum absolute atomic E-state index is 12.0. The molecule has 104 valence electrons. The SMILES string of the molecule is CC(C)(C)OC(=O)N[C@]12CC[C@H](C[C@H]1O)C2(C)C. The molecule has 0 aromatic rings. The molecular formula is C14H25NO3. The zero-order valence-electron chi connectivity index (χ0n) is 12.0. The number of aliphatic hydroxyl groups is 1. The van der Waals surface area contributed by atoms with Crippen molar-refractivity contribution in [1.29, 1.82) is 0 Å². The van der Waals surface area contributed by atoms with Crippen molar-refractivity contribution in [1.82, 2.24) is 5.32 Å². The number of hydrogen-bond donors (Lipinski definition) is 2. The second-order valence-corrected chi connectivity index (χ2v) is 7.31. The summed E-state index contributed by atoms with van der Waals surface area (Å²) in [5.74, 6) is 0.488. The van der Waals surface area contributed by atoms with E-state index in [9.17, 15) is 9.90 Å². The minimum atomic E-state index is -0.514. The Bertz CT molecular complexity index is 359. The maximum atomic E-state index is 12.0. The van der Waals surface area contributed by atoms with Crippen LogP contribution in [0.2, 0.25) is 0 Å². The van der Waals surface area contributed by atoms with Crippen molar-refractivity contribution in [3.05, 3.63) is 0 Å². The van der Waals surface area contributed by atoms with Gasteiger partial charge in [-0.05, 0) is 51.4 Å². The van der Waals surface area contributed by atoms with E-state index in [-0.39, 0.29) is 5.41 Å². The molecule has 0 saturated heterocycles. The van der Waals surface area contributed by atoms with Crippen LogP contribution in [-0.2, 0) is 4.74 Å². The second-order valence-electron chi connectivity index (χ2n) is 7.31. The van der Waals surface area contributed by atoms with Gasteiger partial charge >= 0.3 is 6.09 Å². The van der Waals surface area contributed by atoms with Crippen molar-refractivity contribution >= 4 is 6.09 Å². The van der Waals surface area contributed by atoms with Gasteiger partial charge in [0.05, 0.1) is 11.6 Å². The van der Waals surface area contributed by atoms with Crippen molar-refractivity contribution in [2.45, 2.75) is 71.1 Å². The zero-order valence-corrected chi connectivity index (χ0v) is 12.0. The lowest BCUT2D eigenvalue weighted by molar-refractivity contribution is 0.00882. The number of amides is 1. The number of nitrogens with one attached hydrogen (secondary N) is 1. The van der Waals surface area contributed by atoms with E-state index in [1.807, 2.05) is 20.8 Å². The van der Waals surface area contributed by atoms with Gasteiger partial charge in [0.25, 0.3) is 0 Å². The first-order valence-electron chi connectivity index (χ1n) is 6.78. The molecule has 1 amide bonds. The predicted octanol–water partition coefficient (Wildman–Crippen LogP) is 2.45. The van der Waals surface area contributed by atoms with Crippen molar-refractivity contribution in [3.8, 4) is 0 Å². The summed E-state index contributed by atoms with van der Waals surface area (Å²) in [4.78, 5) is 12.0. The molecule has 2 N–H and O–H groups in total. The van der Waals surface area contributed by atoms with Gasteiger partial charge in [-0.2, -0.15) is 0 Å². The van der Waals surface area contributed by atoms with Crippen LogP contribution < -0.4 is 5.32 Å². The number of aliphatic hydroxyl groups excluding tert-OH is 1. The number of carbonyl (C=O) groups excluding carboxylic acids is 1. The first kappa shape index (κ1) is 13.7. The third-order valence-corrected chi connectivity index (χ3v) is 4.86. The fourth-order valence-corrected chi connectivity index (χ4v) is 3.72. The molecule has 2 fully saturated rings. The van der Waals surface area contributed by atoms with Gasteiger partial charge in [0, 0.05) is 0 Å². The summed E-state index contributed by atoms with van der Waals surface area (Å²) in [5.41, 5.74) is -1.09. The Morgan fingerprint density at radius 3 is 2.39 bits per heavy atom. The molecular weight excluding hydrogens is 230 g/mol. The quantitative estimate of drug-likeness (QED) is 0.756. The van der Waals surface area contributed by atoms with Gasteiger partial charge in [0.1, 0.15) is 5.60 Å². The lowest BCUT2D eigenvalue weighted by Gasteiger charge is -2.41. The summed E-state index contributed by atoms with van der Waals surface area (Å²) in [7, 11) is 0. The fraction of sp³-hybridized carbons (Fsp3) is 0.929. The number of ether oxygens (including phenoxy) is 1. The molecule has 0 spiro atoms. The van der Waals surface area contributed by atoms with Crippen LogP contribution in [0.5, 0.6) is 0 Å². The highest BCUT2D eigenvalue weighted by Crippen LogP contribution is 2.60. The van der Waals surface area contributed by atoms with Crippen molar-refractivity contribution in [2.75, 3.05) is 0 Å². The Balaban J connectivity index is 2.14. The normalized spacial score (nSPS) is 37.7. The molecule has 0 aromatic carbocycles. The highest BCUT2D eigenvalue weighted by Gasteiger charge is 2.64. The van der Waals surface area contributed by atoms with Crippen LogP contribution in [-0.4, -0.2) is 28.4 Å². The molecule has 0 aliphatic heterocycles. The summed E-state index contributed by atoms with van der Waals surface area (Å²) in [6.07, 6.45) is 1.81. The zero-order chi connectivity index (χ0) is 13.8. The standard InChI is InChI=1S/C14H25NO3/c1-12(2,3)18-11(17)15-14-7-6-9(8-10(14)16)13(14,4)5/h9-10,16H,6-8H2,1-5H3,(H,15,17)/t9-,10-,14-/m1/s1. The molecule has 2 rings (SSSR count). The summed E-state index contributed by atoms with van der Waals surface area (Å²) in [6.45, 7) is 9.81. The number of rotatable bonds is 1. The number of fused-ring (bicyclic) bond motifs is 2. The number of hydrogen-bond acceptors (Lipinski definition) is 3. The molecule has 0 radical (unpaired) electrons.